The van der Waals surface area contributed by atoms with Gasteiger partial charge in [0.1, 0.15) is 0 Å². The number of nitro groups is 1. The van der Waals surface area contributed by atoms with Gasteiger partial charge >= 0.3 is 0 Å². The summed E-state index contributed by atoms with van der Waals surface area (Å²) in [6, 6.07) is 11.2. The Morgan fingerprint density at radius 1 is 1.26 bits per heavy atom. The first-order chi connectivity index (χ1) is 16.7. The maximum atomic E-state index is 13.2. The van der Waals surface area contributed by atoms with Gasteiger partial charge in [-0.25, -0.2) is 8.42 Å². The van der Waals surface area contributed by atoms with Gasteiger partial charge in [0.25, 0.3) is 11.6 Å². The third kappa shape index (κ3) is 5.35. The quantitative estimate of drug-likeness (QED) is 0.350. The van der Waals surface area contributed by atoms with Gasteiger partial charge in [-0.2, -0.15) is 9.30 Å². The molecule has 10 nitrogen and oxygen atoms in total. The molecule has 12 heteroatoms. The first kappa shape index (κ1) is 25.2. The van der Waals surface area contributed by atoms with Crippen molar-refractivity contribution < 1.29 is 22.9 Å². The molecule has 1 fully saturated rings. The van der Waals surface area contributed by atoms with Crippen molar-refractivity contribution in [2.45, 2.75) is 31.2 Å². The summed E-state index contributed by atoms with van der Waals surface area (Å²) in [5.41, 5.74) is 1.64. The second-order valence-corrected chi connectivity index (χ2v) is 11.4. The van der Waals surface area contributed by atoms with E-state index in [-0.39, 0.29) is 17.1 Å². The molecule has 1 aliphatic heterocycles. The molecule has 0 bridgehead atoms. The molecule has 0 aliphatic carbocycles. The van der Waals surface area contributed by atoms with E-state index >= 15 is 0 Å². The number of aryl methyl sites for hydroxylation is 1. The van der Waals surface area contributed by atoms with Crippen LogP contribution in [0, 0.1) is 23.0 Å². The highest BCUT2D eigenvalue weighted by atomic mass is 32.2. The van der Waals surface area contributed by atoms with E-state index < -0.39 is 26.8 Å². The van der Waals surface area contributed by atoms with Crippen LogP contribution >= 0.6 is 11.3 Å². The fourth-order valence-corrected chi connectivity index (χ4v) is 6.69. The lowest BCUT2D eigenvalue weighted by molar-refractivity contribution is -0.384. The Morgan fingerprint density at radius 3 is 2.69 bits per heavy atom. The normalized spacial score (nSPS) is 17.7. The average molecular weight is 519 g/mol. The summed E-state index contributed by atoms with van der Waals surface area (Å²) in [4.78, 5) is 28.8. The zero-order valence-electron chi connectivity index (χ0n) is 19.4. The second-order valence-electron chi connectivity index (χ2n) is 8.40. The van der Waals surface area contributed by atoms with Gasteiger partial charge in [-0.05, 0) is 38.0 Å². The number of carbonyl (C=O) groups is 1. The van der Waals surface area contributed by atoms with Crippen LogP contribution in [0.4, 0.5) is 5.69 Å². The Morgan fingerprint density at radius 2 is 2.00 bits per heavy atom. The zero-order chi connectivity index (χ0) is 25.2. The monoisotopic (exact) mass is 518 g/mol. The number of nitrogens with zero attached hydrogens (tertiary/aromatic N) is 4. The van der Waals surface area contributed by atoms with Crippen molar-refractivity contribution in [3.05, 3.63) is 62.9 Å². The number of piperidine rings is 1. The van der Waals surface area contributed by atoms with E-state index in [4.69, 9.17) is 4.74 Å². The topological polar surface area (TPSA) is 124 Å². The molecule has 1 aliphatic rings. The van der Waals surface area contributed by atoms with Gasteiger partial charge < -0.3 is 9.30 Å². The van der Waals surface area contributed by atoms with Crippen molar-refractivity contribution >= 4 is 43.2 Å². The van der Waals surface area contributed by atoms with Crippen LogP contribution in [0.3, 0.4) is 0 Å². The number of sulfonamides is 1. The number of non-ortho nitro benzene ring substituents is 1. The number of fused-ring (bicyclic) bond motifs is 1. The van der Waals surface area contributed by atoms with Gasteiger partial charge in [0.15, 0.2) is 4.80 Å². The molecule has 4 rings (SSSR count). The number of benzene rings is 2. The van der Waals surface area contributed by atoms with Crippen molar-refractivity contribution in [3.63, 3.8) is 0 Å². The third-order valence-corrected chi connectivity index (χ3v) is 8.91. The number of carbonyl (C=O) groups excluding carboxylic acids is 1. The summed E-state index contributed by atoms with van der Waals surface area (Å²) in [5, 5.41) is 11.2. The van der Waals surface area contributed by atoms with Crippen LogP contribution in [0.1, 0.15) is 18.4 Å². The Hall–Kier alpha value is -2.93. The highest BCUT2D eigenvalue weighted by Gasteiger charge is 2.33. The Kier molecular flexibility index (Phi) is 7.45. The molecule has 1 amide bonds. The van der Waals surface area contributed by atoms with E-state index in [0.29, 0.717) is 42.0 Å². The Balaban J connectivity index is 1.64. The molecule has 3 aromatic rings. The van der Waals surface area contributed by atoms with Gasteiger partial charge in [-0.15, -0.1) is 0 Å². The highest BCUT2D eigenvalue weighted by molar-refractivity contribution is 7.89. The number of methoxy groups -OCH3 is 1. The van der Waals surface area contributed by atoms with Crippen LogP contribution in [0.25, 0.3) is 10.2 Å². The van der Waals surface area contributed by atoms with Crippen molar-refractivity contribution in [1.29, 1.82) is 0 Å². The third-order valence-electron chi connectivity index (χ3n) is 5.99. The predicted octanol–water partition coefficient (Wildman–Crippen LogP) is 3.09. The minimum absolute atomic E-state index is 0.0419. The van der Waals surface area contributed by atoms with Crippen LogP contribution in [0.15, 0.2) is 52.4 Å². The van der Waals surface area contributed by atoms with Crippen LogP contribution in [-0.2, 0) is 26.1 Å². The van der Waals surface area contributed by atoms with Gasteiger partial charge in [0, 0.05) is 38.9 Å². The van der Waals surface area contributed by atoms with Crippen molar-refractivity contribution in [2.24, 2.45) is 10.9 Å². The van der Waals surface area contributed by atoms with Crippen molar-refractivity contribution in [3.8, 4) is 0 Å². The molecule has 1 atom stereocenters. The van der Waals surface area contributed by atoms with E-state index in [1.54, 1.807) is 42.0 Å². The summed E-state index contributed by atoms with van der Waals surface area (Å²) < 4.78 is 35.2. The molecule has 1 saturated heterocycles. The number of rotatable bonds is 7. The molecule has 0 saturated carbocycles. The molecular formula is C23H26N4O6S2. The number of ether oxygens (including phenoxy) is 1. The SMILES string of the molecule is COCCn1c(=NC(=O)C2CCCN(S(=O)(=O)c3ccc(C)cc3)C2)sc2cc([N+](=O)[O-])ccc21. The van der Waals surface area contributed by atoms with Crippen LogP contribution in [0.5, 0.6) is 0 Å². The van der Waals surface area contributed by atoms with Gasteiger partial charge in [0.05, 0.1) is 32.6 Å². The van der Waals surface area contributed by atoms with Crippen molar-refractivity contribution in [2.75, 3.05) is 26.8 Å². The van der Waals surface area contributed by atoms with E-state index in [1.165, 1.54) is 27.8 Å². The van der Waals surface area contributed by atoms with Gasteiger partial charge in [-0.3, -0.25) is 14.9 Å². The average Bonchev–Trinajstić information content (AvgIpc) is 3.18. The standard InChI is InChI=1S/C23H26N4O6S2/c1-16-5-8-19(9-6-16)35(31,32)25-11-3-4-17(15-25)22(28)24-23-26(12-13-33-2)20-10-7-18(27(29)30)14-21(20)34-23/h5-10,14,17H,3-4,11-13,15H2,1-2H3. The lowest BCUT2D eigenvalue weighted by Gasteiger charge is -2.30. The summed E-state index contributed by atoms with van der Waals surface area (Å²) in [6.07, 6.45) is 1.09. The van der Waals surface area contributed by atoms with E-state index in [9.17, 15) is 23.3 Å². The molecule has 35 heavy (non-hydrogen) atoms. The molecule has 0 spiro atoms. The number of hydrogen-bond donors (Lipinski definition) is 0. The summed E-state index contributed by atoms with van der Waals surface area (Å²) in [6.45, 7) is 3.08. The number of nitro benzene ring substituents is 1. The molecule has 186 valence electrons. The molecular weight excluding hydrogens is 492 g/mol. The maximum Gasteiger partial charge on any atom is 0.270 e. The minimum Gasteiger partial charge on any atom is -0.383 e. The van der Waals surface area contributed by atoms with Crippen LogP contribution < -0.4 is 4.80 Å². The number of hydrogen-bond acceptors (Lipinski definition) is 7. The van der Waals surface area contributed by atoms with Gasteiger partial charge in [-0.1, -0.05) is 29.0 Å². The highest BCUT2D eigenvalue weighted by Crippen LogP contribution is 2.26. The van der Waals surface area contributed by atoms with E-state index in [0.717, 1.165) is 11.1 Å². The number of aromatic nitrogens is 1. The fourth-order valence-electron chi connectivity index (χ4n) is 4.07. The zero-order valence-corrected chi connectivity index (χ0v) is 21.0. The van der Waals surface area contributed by atoms with Gasteiger partial charge in [0.2, 0.25) is 10.0 Å². The second kappa shape index (κ2) is 10.4. The summed E-state index contributed by atoms with van der Waals surface area (Å²) in [7, 11) is -2.15. The largest absolute Gasteiger partial charge is 0.383 e. The molecule has 2 heterocycles. The maximum absolute atomic E-state index is 13.2. The van der Waals surface area contributed by atoms with E-state index in [2.05, 4.69) is 4.99 Å². The Bertz CT molecular complexity index is 1430. The fraction of sp³-hybridized carbons (Fsp3) is 0.391. The summed E-state index contributed by atoms with van der Waals surface area (Å²) in [5.74, 6) is -0.972. The molecule has 0 N–H and O–H groups in total. The Labute approximate surface area is 206 Å². The van der Waals surface area contributed by atoms with Crippen LogP contribution in [-0.4, -0.2) is 54.9 Å². The van der Waals surface area contributed by atoms with Crippen LogP contribution in [0.2, 0.25) is 0 Å². The molecule has 1 unspecified atom stereocenters. The molecule has 2 aromatic carbocycles. The van der Waals surface area contributed by atoms with E-state index in [1.807, 2.05) is 6.92 Å². The lowest BCUT2D eigenvalue weighted by Crippen LogP contribution is -2.42. The lowest BCUT2D eigenvalue weighted by atomic mass is 9.99. The van der Waals surface area contributed by atoms with Crippen molar-refractivity contribution in [1.82, 2.24) is 8.87 Å². The first-order valence-electron chi connectivity index (χ1n) is 11.1. The molecule has 1 aromatic heterocycles. The number of thiazole rings is 1. The first-order valence-corrected chi connectivity index (χ1v) is 13.4. The predicted molar refractivity (Wildman–Crippen MR) is 132 cm³/mol. The summed E-state index contributed by atoms with van der Waals surface area (Å²) >= 11 is 1.19. The minimum atomic E-state index is -3.72. The number of amides is 1. The molecule has 0 radical (unpaired) electrons. The smallest absolute Gasteiger partial charge is 0.270 e.